The third-order valence-corrected chi connectivity index (χ3v) is 5.51. The molecular weight excluding hydrogens is 332 g/mol. The standard InChI is InChI=1S/C19H26N4OS/c1-23(15-8-3-2-4-9-15)12-6-5-11-20-19(24)17-14-16(21-22-17)18-10-7-13-25-18/h2-4,7-10,13,16-17,21-22H,5-6,11-12,14H2,1H3,(H,20,24). The molecule has 1 saturated heterocycles. The Hall–Kier alpha value is -1.89. The van der Waals surface area contributed by atoms with Crippen molar-refractivity contribution in [1.29, 1.82) is 0 Å². The SMILES string of the molecule is CN(CCCCNC(=O)C1CC(c2cccs2)NN1)c1ccccc1. The molecule has 1 fully saturated rings. The average Bonchev–Trinajstić information content (AvgIpc) is 3.33. The lowest BCUT2D eigenvalue weighted by molar-refractivity contribution is -0.122. The second-order valence-electron chi connectivity index (χ2n) is 6.40. The summed E-state index contributed by atoms with van der Waals surface area (Å²) in [5.74, 6) is 0.0861. The minimum Gasteiger partial charge on any atom is -0.375 e. The van der Waals surface area contributed by atoms with Crippen molar-refractivity contribution < 1.29 is 4.79 Å². The summed E-state index contributed by atoms with van der Waals surface area (Å²) in [4.78, 5) is 15.8. The maximum Gasteiger partial charge on any atom is 0.238 e. The highest BCUT2D eigenvalue weighted by Crippen LogP contribution is 2.25. The predicted octanol–water partition coefficient (Wildman–Crippen LogP) is 2.69. The van der Waals surface area contributed by atoms with Crippen LogP contribution >= 0.6 is 11.3 Å². The molecule has 0 saturated carbocycles. The first-order valence-corrected chi connectivity index (χ1v) is 9.70. The second kappa shape index (κ2) is 8.99. The van der Waals surface area contributed by atoms with Crippen molar-refractivity contribution >= 4 is 22.9 Å². The number of carbonyl (C=O) groups excluding carboxylic acids is 1. The monoisotopic (exact) mass is 358 g/mol. The average molecular weight is 359 g/mol. The Morgan fingerprint density at radius 1 is 1.20 bits per heavy atom. The van der Waals surface area contributed by atoms with Crippen LogP contribution in [-0.2, 0) is 4.79 Å². The smallest absolute Gasteiger partial charge is 0.238 e. The van der Waals surface area contributed by atoms with Gasteiger partial charge in [-0.15, -0.1) is 11.3 Å². The zero-order valence-electron chi connectivity index (χ0n) is 14.6. The topological polar surface area (TPSA) is 56.4 Å². The van der Waals surface area contributed by atoms with Gasteiger partial charge in [-0.1, -0.05) is 24.3 Å². The Bertz CT molecular complexity index is 647. The van der Waals surface area contributed by atoms with Crippen molar-refractivity contribution in [2.45, 2.75) is 31.3 Å². The molecule has 6 heteroatoms. The van der Waals surface area contributed by atoms with Gasteiger partial charge < -0.3 is 10.2 Å². The first-order chi connectivity index (χ1) is 12.2. The van der Waals surface area contributed by atoms with Crippen molar-refractivity contribution in [3.63, 3.8) is 0 Å². The van der Waals surface area contributed by atoms with E-state index < -0.39 is 0 Å². The van der Waals surface area contributed by atoms with E-state index in [1.165, 1.54) is 10.6 Å². The number of rotatable bonds is 8. The summed E-state index contributed by atoms with van der Waals surface area (Å²) in [6.45, 7) is 1.72. The molecule has 0 spiro atoms. The van der Waals surface area contributed by atoms with Crippen LogP contribution in [0.1, 0.15) is 30.2 Å². The van der Waals surface area contributed by atoms with Crippen molar-refractivity contribution in [2.75, 3.05) is 25.0 Å². The maximum absolute atomic E-state index is 12.3. The highest BCUT2D eigenvalue weighted by atomic mass is 32.1. The molecule has 1 amide bonds. The van der Waals surface area contributed by atoms with E-state index in [1.54, 1.807) is 11.3 Å². The summed E-state index contributed by atoms with van der Waals surface area (Å²) in [5.41, 5.74) is 7.56. The normalized spacial score (nSPS) is 19.7. The zero-order chi connectivity index (χ0) is 17.5. The highest BCUT2D eigenvalue weighted by Gasteiger charge is 2.30. The number of anilines is 1. The van der Waals surface area contributed by atoms with E-state index in [2.05, 4.69) is 63.8 Å². The van der Waals surface area contributed by atoms with Crippen LogP contribution in [-0.4, -0.2) is 32.1 Å². The molecular formula is C19H26N4OS. The van der Waals surface area contributed by atoms with E-state index in [1.807, 2.05) is 12.1 Å². The predicted molar refractivity (Wildman–Crippen MR) is 104 cm³/mol. The number of unbranched alkanes of at least 4 members (excludes halogenated alkanes) is 1. The lowest BCUT2D eigenvalue weighted by Gasteiger charge is -2.19. The van der Waals surface area contributed by atoms with Gasteiger partial charge in [-0.3, -0.25) is 4.79 Å². The van der Waals surface area contributed by atoms with Gasteiger partial charge in [0.25, 0.3) is 0 Å². The molecule has 0 aliphatic carbocycles. The van der Waals surface area contributed by atoms with Gasteiger partial charge in [0.15, 0.2) is 0 Å². The Morgan fingerprint density at radius 3 is 2.80 bits per heavy atom. The minimum absolute atomic E-state index is 0.0861. The number of hydrazine groups is 1. The first-order valence-electron chi connectivity index (χ1n) is 8.82. The van der Waals surface area contributed by atoms with Crippen molar-refractivity contribution in [2.24, 2.45) is 0 Å². The van der Waals surface area contributed by atoms with Crippen LogP contribution in [0.3, 0.4) is 0 Å². The number of nitrogens with zero attached hydrogens (tertiary/aromatic N) is 1. The van der Waals surface area contributed by atoms with Crippen molar-refractivity contribution in [3.05, 3.63) is 52.7 Å². The van der Waals surface area contributed by atoms with E-state index >= 15 is 0 Å². The molecule has 0 radical (unpaired) electrons. The van der Waals surface area contributed by atoms with Crippen molar-refractivity contribution in [1.82, 2.24) is 16.2 Å². The molecule has 134 valence electrons. The van der Waals surface area contributed by atoms with Gasteiger partial charge in [0.05, 0.1) is 6.04 Å². The lowest BCUT2D eigenvalue weighted by Crippen LogP contribution is -2.43. The highest BCUT2D eigenvalue weighted by molar-refractivity contribution is 7.10. The fourth-order valence-corrected chi connectivity index (χ4v) is 3.82. The van der Waals surface area contributed by atoms with Crippen LogP contribution in [0, 0.1) is 0 Å². The van der Waals surface area contributed by atoms with Gasteiger partial charge in [0.1, 0.15) is 6.04 Å². The number of hydrogen-bond donors (Lipinski definition) is 3. The van der Waals surface area contributed by atoms with Gasteiger partial charge in [-0.2, -0.15) is 0 Å². The summed E-state index contributed by atoms with van der Waals surface area (Å²) < 4.78 is 0. The quantitative estimate of drug-likeness (QED) is 0.635. The molecule has 3 rings (SSSR count). The number of para-hydroxylation sites is 1. The molecule has 3 N–H and O–H groups in total. The molecule has 0 bridgehead atoms. The van der Waals surface area contributed by atoms with E-state index in [0.29, 0.717) is 0 Å². The Balaban J connectivity index is 1.31. The van der Waals surface area contributed by atoms with Crippen molar-refractivity contribution in [3.8, 4) is 0 Å². The summed E-state index contributed by atoms with van der Waals surface area (Å²) in [6.07, 6.45) is 2.83. The van der Waals surface area contributed by atoms with E-state index in [9.17, 15) is 4.79 Å². The lowest BCUT2D eigenvalue weighted by atomic mass is 10.1. The molecule has 5 nitrogen and oxygen atoms in total. The van der Waals surface area contributed by atoms with Gasteiger partial charge in [0.2, 0.25) is 5.91 Å². The molecule has 2 aromatic rings. The van der Waals surface area contributed by atoms with Gasteiger partial charge in [-0.25, -0.2) is 10.9 Å². The summed E-state index contributed by atoms with van der Waals surface area (Å²) in [5, 5.41) is 5.11. The zero-order valence-corrected chi connectivity index (χ0v) is 15.4. The number of nitrogens with one attached hydrogen (secondary N) is 3. The van der Waals surface area contributed by atoms with E-state index in [4.69, 9.17) is 0 Å². The van der Waals surface area contributed by atoms with Crippen LogP contribution < -0.4 is 21.1 Å². The van der Waals surface area contributed by atoms with Crippen LogP contribution in [0.25, 0.3) is 0 Å². The molecule has 2 heterocycles. The largest absolute Gasteiger partial charge is 0.375 e. The summed E-state index contributed by atoms with van der Waals surface area (Å²) >= 11 is 1.72. The fourth-order valence-electron chi connectivity index (χ4n) is 3.02. The van der Waals surface area contributed by atoms with Gasteiger partial charge >= 0.3 is 0 Å². The van der Waals surface area contributed by atoms with Crippen LogP contribution in [0.2, 0.25) is 0 Å². The molecule has 1 aliphatic heterocycles. The minimum atomic E-state index is -0.154. The Kier molecular flexibility index (Phi) is 6.44. The third-order valence-electron chi connectivity index (χ3n) is 4.52. The summed E-state index contributed by atoms with van der Waals surface area (Å²) in [6, 6.07) is 14.6. The Labute approximate surface area is 153 Å². The Morgan fingerprint density at radius 2 is 2.04 bits per heavy atom. The second-order valence-corrected chi connectivity index (χ2v) is 7.38. The molecule has 2 unspecified atom stereocenters. The third kappa shape index (κ3) is 5.04. The molecule has 1 aromatic heterocycles. The summed E-state index contributed by atoms with van der Waals surface area (Å²) in [7, 11) is 2.10. The van der Waals surface area contributed by atoms with E-state index in [-0.39, 0.29) is 18.0 Å². The van der Waals surface area contributed by atoms with Gasteiger partial charge in [-0.05, 0) is 42.8 Å². The number of hydrogen-bond acceptors (Lipinski definition) is 5. The number of benzene rings is 1. The van der Waals surface area contributed by atoms with E-state index in [0.717, 1.165) is 32.4 Å². The van der Waals surface area contributed by atoms with Crippen LogP contribution in [0.5, 0.6) is 0 Å². The fraction of sp³-hybridized carbons (Fsp3) is 0.421. The first kappa shape index (κ1) is 17.9. The molecule has 25 heavy (non-hydrogen) atoms. The van der Waals surface area contributed by atoms with Gasteiger partial charge in [0, 0.05) is 30.7 Å². The number of amides is 1. The number of carbonyl (C=O) groups is 1. The molecule has 1 aliphatic rings. The molecule has 2 atom stereocenters. The number of thiophene rings is 1. The van der Waals surface area contributed by atoms with Crippen LogP contribution in [0.4, 0.5) is 5.69 Å². The maximum atomic E-state index is 12.3. The van der Waals surface area contributed by atoms with Crippen LogP contribution in [0.15, 0.2) is 47.8 Å². The molecule has 1 aromatic carbocycles.